The number of hydrogen-bond acceptors (Lipinski definition) is 10. The number of aryl methyl sites for hydroxylation is 3. The zero-order valence-electron chi connectivity index (χ0n) is 25.9. The molecule has 4 aromatic heterocycles. The van der Waals surface area contributed by atoms with E-state index < -0.39 is 0 Å². The van der Waals surface area contributed by atoms with Crippen molar-refractivity contribution in [1.29, 1.82) is 0 Å². The first-order chi connectivity index (χ1) is 22.2. The molecule has 0 aliphatic carbocycles. The maximum Gasteiger partial charge on any atom is 0.314 e. The van der Waals surface area contributed by atoms with Crippen LogP contribution >= 0.6 is 23.5 Å². The third-order valence-electron chi connectivity index (χ3n) is 7.02. The normalized spacial score (nSPS) is 10.8. The molecule has 0 aliphatic rings. The number of nitro groups is 2. The van der Waals surface area contributed by atoms with E-state index in [1.54, 1.807) is 55.5 Å². The smallest absolute Gasteiger partial charge is 0.314 e. The summed E-state index contributed by atoms with van der Waals surface area (Å²) in [7, 11) is 0. The molecule has 0 aliphatic heterocycles. The minimum Gasteiger partial charge on any atom is -0.365 e. The van der Waals surface area contributed by atoms with E-state index in [0.717, 1.165) is 51.4 Å². The molecule has 244 valence electrons. The molecule has 5 rings (SSSR count). The first-order valence-corrected chi connectivity index (χ1v) is 16.9. The molecular weight excluding hydrogens is 629 g/mol. The van der Waals surface area contributed by atoms with Gasteiger partial charge in [-0.1, -0.05) is 30.3 Å². The topological polar surface area (TPSA) is 199 Å². The van der Waals surface area contributed by atoms with E-state index in [1.165, 1.54) is 0 Å². The third-order valence-corrected chi connectivity index (χ3v) is 8.96. The monoisotopic (exact) mass is 666 g/mol. The van der Waals surface area contributed by atoms with Gasteiger partial charge in [-0.2, -0.15) is 23.5 Å². The number of imidazole rings is 2. The van der Waals surface area contributed by atoms with Gasteiger partial charge < -0.3 is 30.6 Å². The van der Waals surface area contributed by atoms with Gasteiger partial charge in [0.05, 0.1) is 39.5 Å². The molecule has 46 heavy (non-hydrogen) atoms. The summed E-state index contributed by atoms with van der Waals surface area (Å²) in [5.74, 6) is 4.28. The number of rotatable bonds is 16. The van der Waals surface area contributed by atoms with Crippen LogP contribution in [0, 0.1) is 41.0 Å². The zero-order valence-corrected chi connectivity index (χ0v) is 27.5. The van der Waals surface area contributed by atoms with Crippen molar-refractivity contribution in [2.45, 2.75) is 38.7 Å². The standard InChI is InChI=1S/C18H21N5O2S.C12H17N5O2S/c1-13-16(22-12-21-13)11-26-8-7-19-18-17(23(24)25)15(10-20-18)9-14-5-3-2-4-6-14;1-8-5-14-12(11(8)17(18)19)13-3-4-20-6-10-9(2)15-7-16-10/h2-6,10,12,19-20H,7-9,11H2,1H3,(H,21,22);5,7,13-14H,3-4,6H2,1-2H3,(H,15,16). The lowest BCUT2D eigenvalue weighted by Gasteiger charge is -2.04. The van der Waals surface area contributed by atoms with Gasteiger partial charge in [0.1, 0.15) is 0 Å². The molecule has 16 heteroatoms. The second-order valence-electron chi connectivity index (χ2n) is 10.3. The van der Waals surface area contributed by atoms with E-state index in [1.807, 2.05) is 44.2 Å². The van der Waals surface area contributed by atoms with Crippen LogP contribution in [0.1, 0.15) is 39.5 Å². The maximum atomic E-state index is 11.5. The summed E-state index contributed by atoms with van der Waals surface area (Å²) in [5, 5.41) is 28.6. The van der Waals surface area contributed by atoms with Crippen LogP contribution in [-0.4, -0.2) is 64.3 Å². The first-order valence-electron chi connectivity index (χ1n) is 14.6. The van der Waals surface area contributed by atoms with Crippen LogP contribution in [0.5, 0.6) is 0 Å². The number of nitrogens with one attached hydrogen (secondary N) is 6. The van der Waals surface area contributed by atoms with Crippen LogP contribution in [0.2, 0.25) is 0 Å². The van der Waals surface area contributed by atoms with Gasteiger partial charge >= 0.3 is 11.4 Å². The van der Waals surface area contributed by atoms with Gasteiger partial charge in [-0.05, 0) is 26.3 Å². The number of hydrogen-bond donors (Lipinski definition) is 6. The molecular formula is C30H38N10O4S2. The average Bonchev–Trinajstić information content (AvgIpc) is 3.82. The lowest BCUT2D eigenvalue weighted by atomic mass is 10.1. The second-order valence-corrected chi connectivity index (χ2v) is 12.5. The average molecular weight is 667 g/mol. The highest BCUT2D eigenvalue weighted by Crippen LogP contribution is 2.30. The number of nitrogens with zero attached hydrogens (tertiary/aromatic N) is 4. The minimum atomic E-state index is -0.367. The van der Waals surface area contributed by atoms with Crippen LogP contribution in [0.15, 0.2) is 55.4 Å². The Balaban J connectivity index is 0.000000216. The fourth-order valence-electron chi connectivity index (χ4n) is 4.53. The molecule has 0 unspecified atom stereocenters. The number of H-pyrrole nitrogens is 4. The quantitative estimate of drug-likeness (QED) is 0.0384. The molecule has 0 spiro atoms. The van der Waals surface area contributed by atoms with Crippen molar-refractivity contribution in [2.24, 2.45) is 0 Å². The van der Waals surface area contributed by atoms with Gasteiger partial charge in [0.15, 0.2) is 11.6 Å². The molecule has 4 heterocycles. The van der Waals surface area contributed by atoms with E-state index in [9.17, 15) is 20.2 Å². The Morgan fingerprint density at radius 1 is 0.739 bits per heavy atom. The molecule has 0 bridgehead atoms. The van der Waals surface area contributed by atoms with Crippen LogP contribution in [0.25, 0.3) is 0 Å². The van der Waals surface area contributed by atoms with Gasteiger partial charge in [-0.25, -0.2) is 9.97 Å². The highest BCUT2D eigenvalue weighted by atomic mass is 32.2. The minimum absolute atomic E-state index is 0.123. The largest absolute Gasteiger partial charge is 0.365 e. The SMILES string of the molecule is Cc1[nH]cnc1CSCCNc1[nH]cc(Cc2ccccc2)c1[N+](=O)[O-].Cc1c[nH]c(NCCSCc2nc[nH]c2C)c1[N+](=O)[O-]. The summed E-state index contributed by atoms with van der Waals surface area (Å²) in [6, 6.07) is 9.75. The number of aromatic nitrogens is 6. The lowest BCUT2D eigenvalue weighted by Crippen LogP contribution is -2.07. The highest BCUT2D eigenvalue weighted by molar-refractivity contribution is 7.98. The number of aromatic amines is 4. The number of anilines is 2. The molecule has 0 atom stereocenters. The van der Waals surface area contributed by atoms with Crippen molar-refractivity contribution in [1.82, 2.24) is 29.9 Å². The van der Waals surface area contributed by atoms with Gasteiger partial charge in [-0.15, -0.1) is 0 Å². The summed E-state index contributed by atoms with van der Waals surface area (Å²) in [4.78, 5) is 42.2. The molecule has 0 saturated heterocycles. The summed E-state index contributed by atoms with van der Waals surface area (Å²) in [5.41, 5.74) is 6.88. The first kappa shape index (κ1) is 34.2. The van der Waals surface area contributed by atoms with Gasteiger partial charge in [0.2, 0.25) is 0 Å². The predicted molar refractivity (Wildman–Crippen MR) is 185 cm³/mol. The van der Waals surface area contributed by atoms with E-state index in [-0.39, 0.29) is 21.2 Å². The van der Waals surface area contributed by atoms with Crippen molar-refractivity contribution in [2.75, 3.05) is 35.2 Å². The maximum absolute atomic E-state index is 11.5. The Bertz CT molecular complexity index is 1700. The van der Waals surface area contributed by atoms with Crippen molar-refractivity contribution < 1.29 is 9.85 Å². The summed E-state index contributed by atoms with van der Waals surface area (Å²) >= 11 is 3.48. The van der Waals surface area contributed by atoms with E-state index in [2.05, 4.69) is 40.5 Å². The molecule has 1 aromatic carbocycles. The van der Waals surface area contributed by atoms with Crippen LogP contribution in [0.4, 0.5) is 23.0 Å². The number of benzene rings is 1. The molecule has 0 fully saturated rings. The second kappa shape index (κ2) is 17.1. The fourth-order valence-corrected chi connectivity index (χ4v) is 6.28. The molecule has 14 nitrogen and oxygen atoms in total. The number of thioether (sulfide) groups is 2. The molecule has 5 aromatic rings. The Hall–Kier alpha value is -4.70. The van der Waals surface area contributed by atoms with Crippen molar-refractivity contribution in [3.05, 3.63) is 115 Å². The Kier molecular flexibility index (Phi) is 12.7. The van der Waals surface area contributed by atoms with Crippen LogP contribution < -0.4 is 10.6 Å². The van der Waals surface area contributed by atoms with Crippen molar-refractivity contribution in [3.63, 3.8) is 0 Å². The Labute approximate surface area is 274 Å². The van der Waals surface area contributed by atoms with Crippen molar-refractivity contribution >= 4 is 46.5 Å². The fraction of sp³-hybridized carbons (Fsp3) is 0.333. The van der Waals surface area contributed by atoms with Gasteiger partial charge in [-0.3, -0.25) is 20.2 Å². The van der Waals surface area contributed by atoms with Crippen molar-refractivity contribution in [3.8, 4) is 0 Å². The Morgan fingerprint density at radius 2 is 1.26 bits per heavy atom. The van der Waals surface area contributed by atoms with E-state index >= 15 is 0 Å². The van der Waals surface area contributed by atoms with E-state index in [4.69, 9.17) is 0 Å². The lowest BCUT2D eigenvalue weighted by molar-refractivity contribution is -0.384. The zero-order chi connectivity index (χ0) is 32.9. The molecule has 0 saturated carbocycles. The molecule has 6 N–H and O–H groups in total. The molecule has 0 radical (unpaired) electrons. The summed E-state index contributed by atoms with van der Waals surface area (Å²) in [6.07, 6.45) is 7.27. The highest BCUT2D eigenvalue weighted by Gasteiger charge is 2.22. The summed E-state index contributed by atoms with van der Waals surface area (Å²) < 4.78 is 0. The van der Waals surface area contributed by atoms with Gasteiger partial charge in [0.25, 0.3) is 0 Å². The third kappa shape index (κ3) is 9.65. The predicted octanol–water partition coefficient (Wildman–Crippen LogP) is 6.50. The molecule has 0 amide bonds. The van der Waals surface area contributed by atoms with Crippen LogP contribution in [-0.2, 0) is 17.9 Å². The Morgan fingerprint density at radius 3 is 1.76 bits per heavy atom. The van der Waals surface area contributed by atoms with E-state index in [0.29, 0.717) is 42.3 Å². The van der Waals surface area contributed by atoms with Gasteiger partial charge in [0, 0.05) is 71.9 Å². The van der Waals surface area contributed by atoms with Crippen LogP contribution in [0.3, 0.4) is 0 Å². The summed E-state index contributed by atoms with van der Waals surface area (Å²) in [6.45, 7) is 7.01.